The Balaban J connectivity index is 1.22. The van der Waals surface area contributed by atoms with Crippen molar-refractivity contribution in [1.82, 2.24) is 29.9 Å². The molecule has 1 fully saturated rings. The minimum Gasteiger partial charge on any atom is -0.338 e. The van der Waals surface area contributed by atoms with Crippen molar-refractivity contribution in [2.75, 3.05) is 11.6 Å². The Morgan fingerprint density at radius 1 is 0.978 bits per heavy atom. The summed E-state index contributed by atoms with van der Waals surface area (Å²) in [7, 11) is -3.44. The molecule has 4 aromatic heterocycles. The van der Waals surface area contributed by atoms with E-state index in [1.54, 1.807) is 30.7 Å². The number of carbonyl (C=O) groups is 1. The number of fused-ring (bicyclic) bond motifs is 2. The molecular weight excluding hydrogens is 593 g/mol. The maximum Gasteiger partial charge on any atom is 0.227 e. The van der Waals surface area contributed by atoms with Crippen LogP contribution in [-0.2, 0) is 21.4 Å². The van der Waals surface area contributed by atoms with Crippen LogP contribution in [0.5, 0.6) is 0 Å². The normalized spacial score (nSPS) is 14.0. The van der Waals surface area contributed by atoms with Crippen LogP contribution >= 0.6 is 0 Å². The van der Waals surface area contributed by atoms with E-state index in [9.17, 15) is 17.6 Å². The quantitative estimate of drug-likeness (QED) is 0.160. The summed E-state index contributed by atoms with van der Waals surface area (Å²) >= 11 is 0. The molecule has 2 aromatic carbocycles. The second-order valence-electron chi connectivity index (χ2n) is 11.5. The number of hydrogen-bond acceptors (Lipinski definition) is 6. The molecule has 10 nitrogen and oxygen atoms in total. The molecule has 0 saturated heterocycles. The van der Waals surface area contributed by atoms with Gasteiger partial charge in [-0.1, -0.05) is 18.9 Å². The number of benzene rings is 2. The third-order valence-electron chi connectivity index (χ3n) is 8.22. The third-order valence-corrected chi connectivity index (χ3v) is 8.89. The first kappa shape index (κ1) is 28.8. The van der Waals surface area contributed by atoms with E-state index in [0.717, 1.165) is 70.6 Å². The minimum absolute atomic E-state index is 0.0247. The number of nitrogens with one attached hydrogen (secondary N) is 4. The number of anilines is 1. The third kappa shape index (κ3) is 6.06. The van der Waals surface area contributed by atoms with Crippen LogP contribution in [0.15, 0.2) is 73.2 Å². The summed E-state index contributed by atoms with van der Waals surface area (Å²) in [6, 6.07) is 16.1. The molecule has 45 heavy (non-hydrogen) atoms. The van der Waals surface area contributed by atoms with E-state index >= 15 is 0 Å². The number of hydrogen-bond donors (Lipinski definition) is 4. The first-order valence-electron chi connectivity index (χ1n) is 14.7. The zero-order valence-electron chi connectivity index (χ0n) is 24.4. The summed E-state index contributed by atoms with van der Waals surface area (Å²) in [5.41, 5.74) is 7.13. The van der Waals surface area contributed by atoms with Crippen LogP contribution in [0.25, 0.3) is 55.6 Å². The first-order valence-corrected chi connectivity index (χ1v) is 16.6. The second-order valence-corrected chi connectivity index (χ2v) is 13.3. The van der Waals surface area contributed by atoms with Crippen molar-refractivity contribution in [2.24, 2.45) is 5.92 Å². The molecule has 1 aliphatic carbocycles. The van der Waals surface area contributed by atoms with E-state index in [2.05, 4.69) is 35.2 Å². The van der Waals surface area contributed by atoms with Gasteiger partial charge in [-0.2, -0.15) is 5.10 Å². The van der Waals surface area contributed by atoms with Gasteiger partial charge in [0.05, 0.1) is 29.4 Å². The number of aromatic nitrogens is 5. The van der Waals surface area contributed by atoms with Crippen molar-refractivity contribution < 1.29 is 17.6 Å². The Morgan fingerprint density at radius 2 is 1.82 bits per heavy atom. The van der Waals surface area contributed by atoms with Crippen molar-refractivity contribution in [1.29, 1.82) is 0 Å². The molecule has 228 valence electrons. The molecule has 0 atom stereocenters. The van der Waals surface area contributed by atoms with Crippen molar-refractivity contribution >= 4 is 43.6 Å². The van der Waals surface area contributed by atoms with Crippen LogP contribution in [0.4, 0.5) is 10.1 Å². The number of nitrogens with zero attached hydrogens (tertiary/aromatic N) is 3. The number of sulfonamides is 1. The zero-order valence-corrected chi connectivity index (χ0v) is 25.2. The van der Waals surface area contributed by atoms with E-state index < -0.39 is 15.8 Å². The first-order chi connectivity index (χ1) is 21.7. The van der Waals surface area contributed by atoms with Gasteiger partial charge in [0.25, 0.3) is 0 Å². The number of amides is 1. The fraction of sp³-hybridized carbons (Fsp3) is 0.212. The van der Waals surface area contributed by atoms with Crippen LogP contribution in [0.2, 0.25) is 0 Å². The van der Waals surface area contributed by atoms with Crippen molar-refractivity contribution in [3.63, 3.8) is 0 Å². The average molecular weight is 624 g/mol. The Hall–Kier alpha value is -4.94. The molecule has 0 radical (unpaired) electrons. The predicted molar refractivity (Wildman–Crippen MR) is 172 cm³/mol. The van der Waals surface area contributed by atoms with Crippen molar-refractivity contribution in [3.8, 4) is 33.6 Å². The van der Waals surface area contributed by atoms with E-state index in [4.69, 9.17) is 0 Å². The van der Waals surface area contributed by atoms with E-state index in [1.165, 1.54) is 12.1 Å². The lowest BCUT2D eigenvalue weighted by atomic mass is 10.0. The highest BCUT2D eigenvalue weighted by molar-refractivity contribution is 7.88. The summed E-state index contributed by atoms with van der Waals surface area (Å²) in [5.74, 6) is -0.364. The molecule has 0 aliphatic heterocycles. The maximum absolute atomic E-state index is 14.6. The van der Waals surface area contributed by atoms with Crippen molar-refractivity contribution in [3.05, 3.63) is 84.6 Å². The smallest absolute Gasteiger partial charge is 0.227 e. The number of rotatable bonds is 8. The highest BCUT2D eigenvalue weighted by atomic mass is 32.2. The highest BCUT2D eigenvalue weighted by Crippen LogP contribution is 2.35. The SMILES string of the molecule is CS(=O)(=O)NCc1cc(F)cc(-c2ccnc3[nH]c(-c4n[nH]c5ccc(-c6cncc(NC(=O)C7CCCC7)c6)cc45)cc23)c1. The summed E-state index contributed by atoms with van der Waals surface area (Å²) < 4.78 is 40.2. The Bertz CT molecular complexity index is 2190. The lowest BCUT2D eigenvalue weighted by molar-refractivity contribution is -0.119. The van der Waals surface area contributed by atoms with Gasteiger partial charge in [-0.3, -0.25) is 14.9 Å². The Kier molecular flexibility index (Phi) is 7.38. The number of pyridine rings is 2. The van der Waals surface area contributed by atoms with Gasteiger partial charge in [0.2, 0.25) is 15.9 Å². The second kappa shape index (κ2) is 11.5. The van der Waals surface area contributed by atoms with Crippen LogP contribution in [0, 0.1) is 11.7 Å². The van der Waals surface area contributed by atoms with Gasteiger partial charge in [-0.15, -0.1) is 0 Å². The topological polar surface area (TPSA) is 146 Å². The highest BCUT2D eigenvalue weighted by Gasteiger charge is 2.23. The molecule has 12 heteroatoms. The van der Waals surface area contributed by atoms with Gasteiger partial charge in [-0.25, -0.2) is 22.5 Å². The zero-order chi connectivity index (χ0) is 31.1. The summed E-state index contributed by atoms with van der Waals surface area (Å²) in [6.07, 6.45) is 10.2. The Morgan fingerprint density at radius 3 is 2.64 bits per heavy atom. The molecule has 0 unspecified atom stereocenters. The molecule has 1 amide bonds. The van der Waals surface area contributed by atoms with E-state index in [1.807, 2.05) is 30.3 Å². The monoisotopic (exact) mass is 623 g/mol. The van der Waals surface area contributed by atoms with Gasteiger partial charge in [0.1, 0.15) is 17.2 Å². The number of halogens is 1. The number of aromatic amines is 2. The average Bonchev–Trinajstić information content (AvgIpc) is 3.79. The van der Waals surface area contributed by atoms with Gasteiger partial charge in [-0.05, 0) is 83.6 Å². The van der Waals surface area contributed by atoms with Crippen molar-refractivity contribution in [2.45, 2.75) is 32.2 Å². The number of H-pyrrole nitrogens is 2. The Labute approximate surface area is 258 Å². The van der Waals surface area contributed by atoms with E-state index in [-0.39, 0.29) is 18.4 Å². The van der Waals surface area contributed by atoms with Crippen LogP contribution in [-0.4, -0.2) is 45.7 Å². The molecular formula is C33H30FN7O3S. The lowest BCUT2D eigenvalue weighted by Crippen LogP contribution is -2.21. The molecule has 0 bridgehead atoms. The maximum atomic E-state index is 14.6. The summed E-state index contributed by atoms with van der Waals surface area (Å²) in [5, 5.41) is 12.4. The minimum atomic E-state index is -3.44. The molecule has 1 saturated carbocycles. The molecule has 1 aliphatic rings. The van der Waals surface area contributed by atoms with Gasteiger partial charge < -0.3 is 10.3 Å². The van der Waals surface area contributed by atoms with Gasteiger partial charge >= 0.3 is 0 Å². The number of carbonyl (C=O) groups excluding carboxylic acids is 1. The van der Waals surface area contributed by atoms with Crippen LogP contribution in [0.1, 0.15) is 31.2 Å². The molecule has 0 spiro atoms. The molecule has 4 heterocycles. The predicted octanol–water partition coefficient (Wildman–Crippen LogP) is 6.15. The molecule has 6 aromatic rings. The molecule has 4 N–H and O–H groups in total. The lowest BCUT2D eigenvalue weighted by Gasteiger charge is -2.11. The standard InChI is InChI=1S/C33H30FN7O3S/c1-45(43,44)37-16-19-10-22(12-24(34)11-19)26-8-9-36-32-27(26)15-30(39-32)31-28-14-21(6-7-29(28)40-41-31)23-13-25(18-35-17-23)38-33(42)20-4-2-3-5-20/h6-15,17-18,20,37H,2-5,16H2,1H3,(H,36,39)(H,38,42)(H,40,41). The summed E-state index contributed by atoms with van der Waals surface area (Å²) in [6.45, 7) is -0.0247. The van der Waals surface area contributed by atoms with Gasteiger partial charge in [0.15, 0.2) is 0 Å². The molecule has 7 rings (SSSR count). The largest absolute Gasteiger partial charge is 0.338 e. The fourth-order valence-electron chi connectivity index (χ4n) is 6.03. The van der Waals surface area contributed by atoms with E-state index in [0.29, 0.717) is 28.2 Å². The van der Waals surface area contributed by atoms with Crippen LogP contribution in [0.3, 0.4) is 0 Å². The summed E-state index contributed by atoms with van der Waals surface area (Å²) in [4.78, 5) is 24.9. The van der Waals surface area contributed by atoms with Crippen LogP contribution < -0.4 is 10.0 Å². The van der Waals surface area contributed by atoms with Gasteiger partial charge in [0, 0.05) is 41.2 Å². The fourth-order valence-corrected chi connectivity index (χ4v) is 6.45.